The van der Waals surface area contributed by atoms with Crippen molar-refractivity contribution in [1.29, 1.82) is 0 Å². The molecule has 0 unspecified atom stereocenters. The highest BCUT2D eigenvalue weighted by atomic mass is 16.3. The summed E-state index contributed by atoms with van der Waals surface area (Å²) in [5.74, 6) is 0.155. The van der Waals surface area contributed by atoms with Crippen LogP contribution in [0.25, 0.3) is 0 Å². The molecule has 0 atom stereocenters. The van der Waals surface area contributed by atoms with Crippen molar-refractivity contribution in [2.75, 3.05) is 11.4 Å². The molecule has 0 saturated carbocycles. The van der Waals surface area contributed by atoms with Crippen LogP contribution in [0.2, 0.25) is 0 Å². The van der Waals surface area contributed by atoms with E-state index < -0.39 is 0 Å². The van der Waals surface area contributed by atoms with Gasteiger partial charge in [0.25, 0.3) is 0 Å². The van der Waals surface area contributed by atoms with Gasteiger partial charge in [0.2, 0.25) is 0 Å². The molecule has 0 bridgehead atoms. The van der Waals surface area contributed by atoms with Gasteiger partial charge in [0.1, 0.15) is 5.75 Å². The number of nitrogens with zero attached hydrogens (tertiary/aromatic N) is 1. The Bertz CT molecular complexity index is 728. The molecule has 0 amide bonds. The summed E-state index contributed by atoms with van der Waals surface area (Å²) in [5.41, 5.74) is 2.51. The molecule has 0 saturated heterocycles. The molecular formula is C20H17NO2. The van der Waals surface area contributed by atoms with Gasteiger partial charge in [-0.15, -0.1) is 0 Å². The van der Waals surface area contributed by atoms with Gasteiger partial charge in [0.05, 0.1) is 6.54 Å². The van der Waals surface area contributed by atoms with Crippen LogP contribution in [0.1, 0.15) is 10.4 Å². The summed E-state index contributed by atoms with van der Waals surface area (Å²) in [7, 11) is 0. The van der Waals surface area contributed by atoms with Gasteiger partial charge >= 0.3 is 0 Å². The number of hydrogen-bond donors (Lipinski definition) is 1. The van der Waals surface area contributed by atoms with Gasteiger partial charge < -0.3 is 10.0 Å². The molecule has 3 heteroatoms. The zero-order chi connectivity index (χ0) is 16.1. The smallest absolute Gasteiger partial charge is 0.182 e. The predicted molar refractivity (Wildman–Crippen MR) is 92.3 cm³/mol. The number of phenols is 1. The number of aromatic hydroxyl groups is 1. The lowest BCUT2D eigenvalue weighted by molar-refractivity contribution is 0.100. The number of Topliss-reactive ketones (excluding diaryl/α,β-unsaturated/α-hetero) is 1. The van der Waals surface area contributed by atoms with E-state index in [1.807, 2.05) is 65.6 Å². The van der Waals surface area contributed by atoms with Crippen molar-refractivity contribution in [1.82, 2.24) is 0 Å². The second-order valence-corrected chi connectivity index (χ2v) is 5.23. The van der Waals surface area contributed by atoms with E-state index in [-0.39, 0.29) is 18.1 Å². The van der Waals surface area contributed by atoms with Gasteiger partial charge in [-0.05, 0) is 48.5 Å². The first-order chi connectivity index (χ1) is 11.2. The lowest BCUT2D eigenvalue weighted by atomic mass is 10.1. The standard InChI is InChI=1S/C20H17NO2/c22-19-13-11-16(12-14-19)20(23)15-21(17-7-3-1-4-8-17)18-9-5-2-6-10-18/h1-14,22H,15H2. The van der Waals surface area contributed by atoms with Crippen molar-refractivity contribution in [3.05, 3.63) is 90.5 Å². The topological polar surface area (TPSA) is 40.5 Å². The van der Waals surface area contributed by atoms with E-state index in [9.17, 15) is 9.90 Å². The molecule has 0 spiro atoms. The molecule has 3 aromatic carbocycles. The number of ketones is 1. The molecule has 0 fully saturated rings. The van der Waals surface area contributed by atoms with Crippen molar-refractivity contribution in [3.63, 3.8) is 0 Å². The van der Waals surface area contributed by atoms with Crippen LogP contribution in [0.15, 0.2) is 84.9 Å². The van der Waals surface area contributed by atoms with E-state index in [2.05, 4.69) is 0 Å². The van der Waals surface area contributed by atoms with E-state index in [1.165, 1.54) is 12.1 Å². The van der Waals surface area contributed by atoms with Crippen molar-refractivity contribution in [3.8, 4) is 5.75 Å². The molecule has 3 aromatic rings. The third-order valence-electron chi connectivity index (χ3n) is 3.63. The molecule has 0 aliphatic heterocycles. The Hall–Kier alpha value is -3.07. The number of benzene rings is 3. The van der Waals surface area contributed by atoms with Crippen LogP contribution in [-0.4, -0.2) is 17.4 Å². The van der Waals surface area contributed by atoms with Crippen LogP contribution in [0.3, 0.4) is 0 Å². The highest BCUT2D eigenvalue weighted by Crippen LogP contribution is 2.25. The first kappa shape index (κ1) is 14.9. The fourth-order valence-electron chi connectivity index (χ4n) is 2.43. The molecule has 0 aliphatic carbocycles. The lowest BCUT2D eigenvalue weighted by Crippen LogP contribution is -2.25. The second kappa shape index (κ2) is 6.79. The maximum Gasteiger partial charge on any atom is 0.182 e. The van der Waals surface area contributed by atoms with Gasteiger partial charge in [0, 0.05) is 16.9 Å². The SMILES string of the molecule is O=C(CN(c1ccccc1)c1ccccc1)c1ccc(O)cc1. The van der Waals surface area contributed by atoms with Crippen molar-refractivity contribution in [2.24, 2.45) is 0 Å². The summed E-state index contributed by atoms with van der Waals surface area (Å²) >= 11 is 0. The number of carbonyl (C=O) groups is 1. The average molecular weight is 303 g/mol. The maximum atomic E-state index is 12.6. The molecule has 1 N–H and O–H groups in total. The summed E-state index contributed by atoms with van der Waals surface area (Å²) < 4.78 is 0. The average Bonchev–Trinajstić information content (AvgIpc) is 2.61. The quantitative estimate of drug-likeness (QED) is 0.710. The van der Waals surface area contributed by atoms with E-state index >= 15 is 0 Å². The van der Waals surface area contributed by atoms with Crippen LogP contribution in [0, 0.1) is 0 Å². The Labute approximate surface area is 135 Å². The van der Waals surface area contributed by atoms with Gasteiger partial charge in [-0.2, -0.15) is 0 Å². The number of rotatable bonds is 5. The number of anilines is 2. The highest BCUT2D eigenvalue weighted by Gasteiger charge is 2.15. The number of carbonyl (C=O) groups excluding carboxylic acids is 1. The lowest BCUT2D eigenvalue weighted by Gasteiger charge is -2.24. The van der Waals surface area contributed by atoms with Crippen LogP contribution in [0.4, 0.5) is 11.4 Å². The number of para-hydroxylation sites is 2. The van der Waals surface area contributed by atoms with E-state index in [1.54, 1.807) is 12.1 Å². The van der Waals surface area contributed by atoms with Gasteiger partial charge in [-0.1, -0.05) is 36.4 Å². The van der Waals surface area contributed by atoms with E-state index in [4.69, 9.17) is 0 Å². The fraction of sp³-hybridized carbons (Fsp3) is 0.0500. The summed E-state index contributed by atoms with van der Waals surface area (Å²) in [6, 6.07) is 26.0. The Kier molecular flexibility index (Phi) is 4.39. The van der Waals surface area contributed by atoms with Gasteiger partial charge in [0.15, 0.2) is 5.78 Å². The third kappa shape index (κ3) is 3.58. The molecule has 3 nitrogen and oxygen atoms in total. The summed E-state index contributed by atoms with van der Waals surface area (Å²) in [5, 5.41) is 9.35. The van der Waals surface area contributed by atoms with E-state index in [0.717, 1.165) is 11.4 Å². The Morgan fingerprint density at radius 1 is 0.739 bits per heavy atom. The van der Waals surface area contributed by atoms with Crippen molar-refractivity contribution >= 4 is 17.2 Å². The molecular weight excluding hydrogens is 286 g/mol. The van der Waals surface area contributed by atoms with Crippen molar-refractivity contribution in [2.45, 2.75) is 0 Å². The van der Waals surface area contributed by atoms with Gasteiger partial charge in [-0.25, -0.2) is 0 Å². The molecule has 114 valence electrons. The van der Waals surface area contributed by atoms with Crippen LogP contribution in [0.5, 0.6) is 5.75 Å². The first-order valence-electron chi connectivity index (χ1n) is 7.44. The normalized spacial score (nSPS) is 10.3. The summed E-state index contributed by atoms with van der Waals surface area (Å²) in [4.78, 5) is 14.6. The first-order valence-corrected chi connectivity index (χ1v) is 7.44. The Morgan fingerprint density at radius 2 is 1.22 bits per heavy atom. The molecule has 0 aliphatic rings. The Morgan fingerprint density at radius 3 is 1.70 bits per heavy atom. The zero-order valence-electron chi connectivity index (χ0n) is 12.6. The molecule has 23 heavy (non-hydrogen) atoms. The molecule has 0 aromatic heterocycles. The maximum absolute atomic E-state index is 12.6. The minimum Gasteiger partial charge on any atom is -0.508 e. The highest BCUT2D eigenvalue weighted by molar-refractivity contribution is 6.00. The zero-order valence-corrected chi connectivity index (χ0v) is 12.6. The van der Waals surface area contributed by atoms with Crippen LogP contribution >= 0.6 is 0 Å². The van der Waals surface area contributed by atoms with Crippen molar-refractivity contribution < 1.29 is 9.90 Å². The fourth-order valence-corrected chi connectivity index (χ4v) is 2.43. The molecule has 0 radical (unpaired) electrons. The second-order valence-electron chi connectivity index (χ2n) is 5.23. The minimum atomic E-state index is -0.00212. The largest absolute Gasteiger partial charge is 0.508 e. The predicted octanol–water partition coefficient (Wildman–Crippen LogP) is 4.41. The number of hydrogen-bond acceptors (Lipinski definition) is 3. The summed E-state index contributed by atoms with van der Waals surface area (Å²) in [6.45, 7) is 0.235. The van der Waals surface area contributed by atoms with Crippen LogP contribution in [-0.2, 0) is 0 Å². The Balaban J connectivity index is 1.90. The van der Waals surface area contributed by atoms with E-state index in [0.29, 0.717) is 5.56 Å². The third-order valence-corrected chi connectivity index (χ3v) is 3.63. The molecule has 0 heterocycles. The van der Waals surface area contributed by atoms with Crippen LogP contribution < -0.4 is 4.90 Å². The van der Waals surface area contributed by atoms with Gasteiger partial charge in [-0.3, -0.25) is 4.79 Å². The molecule has 3 rings (SSSR count). The monoisotopic (exact) mass is 303 g/mol. The summed E-state index contributed by atoms with van der Waals surface area (Å²) in [6.07, 6.45) is 0. The minimum absolute atomic E-state index is 0.00212. The number of phenolic OH excluding ortho intramolecular Hbond substituents is 1.